The number of likely N-dealkylation sites (tertiary alicyclic amines) is 2. The van der Waals surface area contributed by atoms with Crippen molar-refractivity contribution >= 4 is 58.1 Å². The summed E-state index contributed by atoms with van der Waals surface area (Å²) in [6.07, 6.45) is 0.734. The minimum Gasteiger partial charge on any atom is -0.347 e. The maximum atomic E-state index is 14.9. The Balaban J connectivity index is 0.934. The molecule has 6 N–H and O–H groups in total. The highest BCUT2D eigenvalue weighted by Crippen LogP contribution is 2.42. The summed E-state index contributed by atoms with van der Waals surface area (Å²) in [5.41, 5.74) is 6.89. The van der Waals surface area contributed by atoms with Crippen LogP contribution >= 0.6 is 22.7 Å². The van der Waals surface area contributed by atoms with Crippen LogP contribution in [-0.4, -0.2) is 119 Å². The second-order valence-electron chi connectivity index (χ2n) is 24.0. The van der Waals surface area contributed by atoms with E-state index in [4.69, 9.17) is 9.97 Å². The van der Waals surface area contributed by atoms with E-state index in [0.29, 0.717) is 34.0 Å². The fourth-order valence-electron chi connectivity index (χ4n) is 10.9. The third-order valence-electron chi connectivity index (χ3n) is 15.9. The van der Waals surface area contributed by atoms with Crippen molar-refractivity contribution in [1.29, 1.82) is 0 Å². The summed E-state index contributed by atoms with van der Waals surface area (Å²) in [4.78, 5) is 98.9. The summed E-state index contributed by atoms with van der Waals surface area (Å²) in [5, 5.41) is 23.7. The summed E-state index contributed by atoms with van der Waals surface area (Å²) in [7, 11) is 3.38. The number of carbonyl (C=O) groups is 6. The topological polar surface area (TPSA) is 207 Å². The highest BCUT2D eigenvalue weighted by atomic mass is 32.1. The molecule has 0 saturated carbocycles. The van der Waals surface area contributed by atoms with Gasteiger partial charge in [0.05, 0.1) is 35.6 Å². The first kappa shape index (κ1) is 60.7. The fourth-order valence-corrected chi connectivity index (χ4v) is 12.7. The molecule has 2 aromatic heterocycles. The Morgan fingerprint density at radius 2 is 0.821 bits per heavy atom. The number of hydrogen-bond donors (Lipinski definition) is 6. The number of nitrogens with one attached hydrogen (secondary N) is 6. The number of amides is 6. The van der Waals surface area contributed by atoms with Crippen LogP contribution in [0.2, 0.25) is 0 Å². The third kappa shape index (κ3) is 13.7. The van der Waals surface area contributed by atoms with Crippen LogP contribution in [0.25, 0.3) is 44.8 Å². The molecule has 2 aliphatic heterocycles. The zero-order valence-electron chi connectivity index (χ0n) is 49.4. The van der Waals surface area contributed by atoms with Gasteiger partial charge in [0, 0.05) is 58.2 Å². The van der Waals surface area contributed by atoms with Gasteiger partial charge in [-0.2, -0.15) is 0 Å². The van der Waals surface area contributed by atoms with Gasteiger partial charge < -0.3 is 41.7 Å². The molecule has 5 aromatic carbocycles. The normalized spacial score (nSPS) is 18.5. The van der Waals surface area contributed by atoms with E-state index in [-0.39, 0.29) is 48.5 Å². The van der Waals surface area contributed by atoms with Gasteiger partial charge in [-0.3, -0.25) is 28.8 Å². The molecule has 9 rings (SSSR count). The van der Waals surface area contributed by atoms with Crippen LogP contribution in [0.4, 0.5) is 0 Å². The van der Waals surface area contributed by atoms with Gasteiger partial charge in [-0.1, -0.05) is 151 Å². The van der Waals surface area contributed by atoms with Crippen LogP contribution in [0.3, 0.4) is 0 Å². The third-order valence-corrected chi connectivity index (χ3v) is 17.8. The molecule has 6 amide bonds. The van der Waals surface area contributed by atoms with Crippen molar-refractivity contribution in [3.05, 3.63) is 165 Å². The van der Waals surface area contributed by atoms with Gasteiger partial charge >= 0.3 is 0 Å². The van der Waals surface area contributed by atoms with Crippen molar-refractivity contribution in [3.63, 3.8) is 0 Å². The molecule has 438 valence electrons. The molecule has 0 spiro atoms. The van der Waals surface area contributed by atoms with E-state index in [1.54, 1.807) is 62.0 Å². The lowest BCUT2D eigenvalue weighted by Gasteiger charge is -2.36. The summed E-state index contributed by atoms with van der Waals surface area (Å²) in [6.45, 7) is 15.3. The SMILES string of the molecule is CNC(C)C(=O)NC(C(=O)N1CC(NC(=O)c2ccc(C(=O)NC3CC(c4nc(-c5ccccc5-c5ccccc5)cs4)N(C(=O)C(NC(=O)C(C)NC)C(C)(C)C)C3)cc2)CC1c1nc(-c2ccccc2-c2ccccc2)cs1)C(C)(C)C. The number of nitrogens with zero attached hydrogens (tertiary/aromatic N) is 4. The Morgan fingerprint density at radius 3 is 1.15 bits per heavy atom. The summed E-state index contributed by atoms with van der Waals surface area (Å²) < 4.78 is 0. The van der Waals surface area contributed by atoms with E-state index in [1.807, 2.05) is 125 Å². The molecule has 16 nitrogen and oxygen atoms in total. The number of rotatable bonds is 18. The number of aromatic nitrogens is 2. The molecule has 2 saturated heterocycles. The van der Waals surface area contributed by atoms with Crippen molar-refractivity contribution < 1.29 is 28.8 Å². The van der Waals surface area contributed by atoms with Crippen LogP contribution in [0.5, 0.6) is 0 Å². The maximum Gasteiger partial charge on any atom is 0.251 e. The highest BCUT2D eigenvalue weighted by molar-refractivity contribution is 7.10. The number of thiazole rings is 2. The molecule has 0 aliphatic carbocycles. The lowest BCUT2D eigenvalue weighted by atomic mass is 9.85. The molecule has 2 fully saturated rings. The van der Waals surface area contributed by atoms with Crippen LogP contribution < -0.4 is 31.9 Å². The maximum absolute atomic E-state index is 14.9. The Kier molecular flexibility index (Phi) is 18.7. The monoisotopic (exact) mass is 1170 g/mol. The molecular formula is C66H76N10O6S2. The molecule has 7 aromatic rings. The Bertz CT molecular complexity index is 3260. The fraction of sp³-hybridized carbons (Fsp3) is 0.364. The number of hydrogen-bond acceptors (Lipinski definition) is 12. The van der Waals surface area contributed by atoms with Crippen LogP contribution in [-0.2, 0) is 19.2 Å². The molecule has 8 atom stereocenters. The van der Waals surface area contributed by atoms with E-state index in [1.165, 1.54) is 22.7 Å². The van der Waals surface area contributed by atoms with E-state index in [9.17, 15) is 28.8 Å². The first-order valence-electron chi connectivity index (χ1n) is 28.6. The van der Waals surface area contributed by atoms with E-state index in [2.05, 4.69) is 68.3 Å². The molecule has 4 heterocycles. The van der Waals surface area contributed by atoms with Crippen molar-refractivity contribution in [3.8, 4) is 44.8 Å². The summed E-state index contributed by atoms with van der Waals surface area (Å²) >= 11 is 2.91. The quantitative estimate of drug-likeness (QED) is 0.0480. The van der Waals surface area contributed by atoms with E-state index in [0.717, 1.165) is 44.8 Å². The van der Waals surface area contributed by atoms with Gasteiger partial charge in [0.2, 0.25) is 23.6 Å². The highest BCUT2D eigenvalue weighted by Gasteiger charge is 2.46. The molecule has 84 heavy (non-hydrogen) atoms. The van der Waals surface area contributed by atoms with E-state index >= 15 is 0 Å². The first-order valence-corrected chi connectivity index (χ1v) is 30.4. The number of likely N-dealkylation sites (N-methyl/N-ethyl adjacent to an activating group) is 2. The van der Waals surface area contributed by atoms with Gasteiger partial charge in [-0.15, -0.1) is 22.7 Å². The number of benzene rings is 5. The predicted octanol–water partition coefficient (Wildman–Crippen LogP) is 9.69. The number of carbonyl (C=O) groups excluding carboxylic acids is 6. The lowest BCUT2D eigenvalue weighted by Crippen LogP contribution is -2.57. The lowest BCUT2D eigenvalue weighted by molar-refractivity contribution is -0.140. The second kappa shape index (κ2) is 25.9. The zero-order chi connectivity index (χ0) is 60.0. The minimum absolute atomic E-state index is 0.165. The predicted molar refractivity (Wildman–Crippen MR) is 333 cm³/mol. The van der Waals surface area contributed by atoms with Crippen LogP contribution in [0.15, 0.2) is 144 Å². The molecule has 2 aliphatic rings. The van der Waals surface area contributed by atoms with Gasteiger partial charge in [-0.05, 0) is 98.1 Å². The molecule has 0 radical (unpaired) electrons. The smallest absolute Gasteiger partial charge is 0.251 e. The average molecular weight is 1170 g/mol. The van der Waals surface area contributed by atoms with Gasteiger partial charge in [-0.25, -0.2) is 9.97 Å². The Morgan fingerprint density at radius 1 is 0.488 bits per heavy atom. The molecule has 8 unspecified atom stereocenters. The van der Waals surface area contributed by atoms with Crippen LogP contribution in [0.1, 0.15) is 111 Å². The van der Waals surface area contributed by atoms with E-state index < -0.39 is 59.2 Å². The average Bonchev–Trinajstić information content (AvgIpc) is 2.24. The summed E-state index contributed by atoms with van der Waals surface area (Å²) in [5.74, 6) is -1.93. The minimum atomic E-state index is -0.887. The molecular weight excluding hydrogens is 1090 g/mol. The standard InChI is InChI=1S/C66H76N10O6S2/c1-39(67-9)57(77)73-55(65(3,4)5)63(81)75-35-45(33-53(75)61-71-51(37-83-61)49-27-19-17-25-47(49)41-21-13-11-14-22-41)69-59(79)43-29-31-44(32-30-43)60(80)70-46-34-54(76(36-46)64(82)56(66(6,7)8)74-58(78)40(2)68-10)62-72-52(38-84-62)50-28-20-18-26-48(50)42-23-15-12-16-24-42/h11-32,37-40,45-46,53-56,67-68H,33-36H2,1-10H3,(H,69,79)(H,70,80)(H,73,77)(H,74,78). The van der Waals surface area contributed by atoms with Gasteiger partial charge in [0.1, 0.15) is 22.1 Å². The van der Waals surface area contributed by atoms with Crippen molar-refractivity contribution in [2.45, 2.75) is 117 Å². The van der Waals surface area contributed by atoms with Crippen molar-refractivity contribution in [2.75, 3.05) is 27.2 Å². The summed E-state index contributed by atoms with van der Waals surface area (Å²) in [6, 6.07) is 37.9. The van der Waals surface area contributed by atoms with Gasteiger partial charge in [0.15, 0.2) is 0 Å². The Labute approximate surface area is 500 Å². The second-order valence-corrected chi connectivity index (χ2v) is 25.8. The van der Waals surface area contributed by atoms with Crippen molar-refractivity contribution in [1.82, 2.24) is 51.7 Å². The van der Waals surface area contributed by atoms with Crippen molar-refractivity contribution in [2.24, 2.45) is 10.8 Å². The van der Waals surface area contributed by atoms with Crippen LogP contribution in [0, 0.1) is 10.8 Å². The van der Waals surface area contributed by atoms with Gasteiger partial charge in [0.25, 0.3) is 11.8 Å². The molecule has 18 heteroatoms. The molecule has 0 bridgehead atoms. The zero-order valence-corrected chi connectivity index (χ0v) is 51.0. The first-order chi connectivity index (χ1) is 40.1. The Hall–Kier alpha value is -7.90. The largest absolute Gasteiger partial charge is 0.347 e.